The van der Waals surface area contributed by atoms with Crippen LogP contribution >= 0.6 is 11.3 Å². The smallest absolute Gasteiger partial charge is 0.338 e. The molecule has 0 saturated carbocycles. The number of carboxylic acids is 1. The highest BCUT2D eigenvalue weighted by Gasteiger charge is 2.44. The number of amidine groups is 1. The average molecular weight is 605 g/mol. The van der Waals surface area contributed by atoms with Gasteiger partial charge in [0.05, 0.1) is 23.6 Å². The Labute approximate surface area is 255 Å². The molecule has 0 aliphatic carbocycles. The van der Waals surface area contributed by atoms with E-state index in [9.17, 15) is 19.5 Å². The molecule has 0 bridgehead atoms. The number of rotatable bonds is 9. The van der Waals surface area contributed by atoms with Crippen molar-refractivity contribution in [1.29, 1.82) is 0 Å². The number of terminal acetylenes is 1. The van der Waals surface area contributed by atoms with Crippen molar-refractivity contribution >= 4 is 35.1 Å². The summed E-state index contributed by atoms with van der Waals surface area (Å²) in [6, 6.07) is 4.83. The quantitative estimate of drug-likeness (QED) is 0.331. The second-order valence-corrected chi connectivity index (χ2v) is 12.5. The molecule has 43 heavy (non-hydrogen) atoms. The standard InChI is InChI=1S/C31H36N6O5S/c1-6-20-14-19(3)8-9-22(20)25-24(28(38)42-7-2)23(33-26(34-25)27-32-10-13-43-27)17-35-11-12-37-21(15-35)16-36(30(37)41)18-31(4,5)29(39)40/h1,8-10,13-14,21,25H,7,11-12,15-18H2,2-5H3,(H,33,34)(H,39,40)/t21-,25-/m0/s1. The summed E-state index contributed by atoms with van der Waals surface area (Å²) in [4.78, 5) is 53.5. The first-order valence-corrected chi connectivity index (χ1v) is 15.1. The maximum atomic E-state index is 13.6. The maximum absolute atomic E-state index is 13.6. The first-order valence-electron chi connectivity index (χ1n) is 14.3. The highest BCUT2D eigenvalue weighted by Crippen LogP contribution is 2.35. The number of fused-ring (bicyclic) bond motifs is 1. The lowest BCUT2D eigenvalue weighted by Crippen LogP contribution is -2.53. The fourth-order valence-electron chi connectivity index (χ4n) is 5.76. The molecule has 5 rings (SSSR count). The number of hydrogen-bond acceptors (Lipinski definition) is 9. The Morgan fingerprint density at radius 3 is 2.74 bits per heavy atom. The molecule has 3 aliphatic rings. The predicted molar refractivity (Wildman–Crippen MR) is 163 cm³/mol. The highest BCUT2D eigenvalue weighted by atomic mass is 32.1. The minimum atomic E-state index is -1.05. The van der Waals surface area contributed by atoms with E-state index >= 15 is 0 Å². The van der Waals surface area contributed by atoms with E-state index in [4.69, 9.17) is 16.2 Å². The van der Waals surface area contributed by atoms with Crippen molar-refractivity contribution in [2.45, 2.75) is 39.8 Å². The monoisotopic (exact) mass is 604 g/mol. The zero-order chi connectivity index (χ0) is 30.9. The van der Waals surface area contributed by atoms with Gasteiger partial charge in [0.1, 0.15) is 6.04 Å². The Kier molecular flexibility index (Phi) is 8.57. The molecular weight excluding hydrogens is 568 g/mol. The summed E-state index contributed by atoms with van der Waals surface area (Å²) >= 11 is 1.44. The number of piperazine rings is 1. The van der Waals surface area contributed by atoms with Gasteiger partial charge < -0.3 is 25.0 Å². The van der Waals surface area contributed by atoms with E-state index in [1.54, 1.807) is 31.9 Å². The van der Waals surface area contributed by atoms with Gasteiger partial charge in [0.15, 0.2) is 10.8 Å². The number of benzene rings is 1. The predicted octanol–water partition coefficient (Wildman–Crippen LogP) is 2.87. The van der Waals surface area contributed by atoms with Crippen molar-refractivity contribution < 1.29 is 24.2 Å². The summed E-state index contributed by atoms with van der Waals surface area (Å²) in [5.74, 6) is 1.89. The van der Waals surface area contributed by atoms with Gasteiger partial charge in [-0.05, 0) is 44.9 Å². The number of carboxylic acid groups (broad SMARTS) is 1. The number of aliphatic carboxylic acids is 1. The molecule has 1 aromatic carbocycles. The van der Waals surface area contributed by atoms with Crippen molar-refractivity contribution in [2.75, 3.05) is 45.9 Å². The van der Waals surface area contributed by atoms with Crippen molar-refractivity contribution in [1.82, 2.24) is 25.0 Å². The summed E-state index contributed by atoms with van der Waals surface area (Å²) < 4.78 is 5.54. The van der Waals surface area contributed by atoms with Crippen LogP contribution in [0.2, 0.25) is 0 Å². The fraction of sp³-hybridized carbons (Fsp3) is 0.452. The number of carbonyl (C=O) groups excluding carboxylic acids is 2. The number of nitrogens with zero attached hydrogens (tertiary/aromatic N) is 5. The summed E-state index contributed by atoms with van der Waals surface area (Å²) in [6.45, 7) is 9.76. The van der Waals surface area contributed by atoms with Crippen LogP contribution in [0, 0.1) is 24.7 Å². The number of thiazole rings is 1. The number of ether oxygens (including phenoxy) is 1. The molecular formula is C31H36N6O5S. The van der Waals surface area contributed by atoms with E-state index in [0.717, 1.165) is 11.1 Å². The number of amides is 2. The van der Waals surface area contributed by atoms with Gasteiger partial charge in [0, 0.05) is 62.1 Å². The topological polar surface area (TPSA) is 128 Å². The van der Waals surface area contributed by atoms with Gasteiger partial charge in [0.2, 0.25) is 0 Å². The Morgan fingerprint density at radius 2 is 2.07 bits per heavy atom. The molecule has 11 nitrogen and oxygen atoms in total. The maximum Gasteiger partial charge on any atom is 0.338 e. The number of aliphatic imine (C=N–C) groups is 1. The molecule has 0 radical (unpaired) electrons. The molecule has 226 valence electrons. The zero-order valence-corrected chi connectivity index (χ0v) is 25.6. The largest absolute Gasteiger partial charge is 0.481 e. The van der Waals surface area contributed by atoms with Crippen LogP contribution in [0.15, 0.2) is 46.0 Å². The number of hydrogen-bond donors (Lipinski definition) is 2. The van der Waals surface area contributed by atoms with Crippen molar-refractivity contribution in [3.63, 3.8) is 0 Å². The number of carbonyl (C=O) groups is 3. The van der Waals surface area contributed by atoms with Crippen LogP contribution in [-0.2, 0) is 14.3 Å². The first-order chi connectivity index (χ1) is 20.5. The lowest BCUT2D eigenvalue weighted by atomic mass is 9.91. The van der Waals surface area contributed by atoms with Crippen molar-refractivity contribution in [3.8, 4) is 12.3 Å². The van der Waals surface area contributed by atoms with Crippen LogP contribution in [-0.4, -0.2) is 101 Å². The van der Waals surface area contributed by atoms with E-state index in [1.807, 2.05) is 35.4 Å². The summed E-state index contributed by atoms with van der Waals surface area (Å²) in [5, 5.41) is 15.5. The molecule has 2 saturated heterocycles. The minimum Gasteiger partial charge on any atom is -0.481 e. The third kappa shape index (κ3) is 6.14. The molecule has 2 aromatic rings. The van der Waals surface area contributed by atoms with Crippen LogP contribution in [0.4, 0.5) is 4.79 Å². The van der Waals surface area contributed by atoms with Gasteiger partial charge in [0.25, 0.3) is 0 Å². The molecule has 1 aromatic heterocycles. The Morgan fingerprint density at radius 1 is 1.28 bits per heavy atom. The van der Waals surface area contributed by atoms with Gasteiger partial charge in [-0.15, -0.1) is 17.8 Å². The third-order valence-electron chi connectivity index (χ3n) is 7.98. The Bertz CT molecular complexity index is 1530. The molecule has 4 heterocycles. The third-order valence-corrected chi connectivity index (χ3v) is 8.76. The zero-order valence-electron chi connectivity index (χ0n) is 24.8. The van der Waals surface area contributed by atoms with Crippen LogP contribution in [0.3, 0.4) is 0 Å². The van der Waals surface area contributed by atoms with Crippen molar-refractivity contribution in [3.05, 3.63) is 62.7 Å². The second-order valence-electron chi connectivity index (χ2n) is 11.6. The molecule has 0 spiro atoms. The van der Waals surface area contributed by atoms with Gasteiger partial charge in [-0.25, -0.2) is 14.6 Å². The van der Waals surface area contributed by atoms with Crippen molar-refractivity contribution in [2.24, 2.45) is 10.4 Å². The Hall–Kier alpha value is -4.21. The number of nitrogens with one attached hydrogen (secondary N) is 1. The summed E-state index contributed by atoms with van der Waals surface area (Å²) in [7, 11) is 0. The number of aryl methyl sites for hydroxylation is 1. The SMILES string of the molecule is C#Cc1cc(C)ccc1[C@@H]1N=C(c2nccs2)NC(CN2CCN3C(=O)N(CC(C)(C)C(=O)O)C[C@@H]3C2)=C1C(=O)OCC. The normalized spacial score (nSPS) is 20.8. The molecule has 2 amide bonds. The van der Waals surface area contributed by atoms with Gasteiger partial charge in [-0.1, -0.05) is 18.1 Å². The molecule has 2 atom stereocenters. The lowest BCUT2D eigenvalue weighted by molar-refractivity contribution is -0.147. The van der Waals surface area contributed by atoms with E-state index < -0.39 is 23.4 Å². The number of esters is 1. The van der Waals surface area contributed by atoms with Gasteiger partial charge in [-0.2, -0.15) is 0 Å². The van der Waals surface area contributed by atoms with E-state index in [-0.39, 0.29) is 25.2 Å². The van der Waals surface area contributed by atoms with E-state index in [0.29, 0.717) is 60.4 Å². The highest BCUT2D eigenvalue weighted by molar-refractivity contribution is 7.11. The van der Waals surface area contributed by atoms with Crippen LogP contribution < -0.4 is 5.32 Å². The molecule has 2 N–H and O–H groups in total. The molecule has 2 fully saturated rings. The fourth-order valence-corrected chi connectivity index (χ4v) is 6.35. The van der Waals surface area contributed by atoms with E-state index in [1.165, 1.54) is 11.3 Å². The number of aromatic nitrogens is 1. The first kappa shape index (κ1) is 30.3. The van der Waals surface area contributed by atoms with Crippen LogP contribution in [0.5, 0.6) is 0 Å². The van der Waals surface area contributed by atoms with Gasteiger partial charge in [-0.3, -0.25) is 14.7 Å². The molecule has 3 aliphatic heterocycles. The second kappa shape index (κ2) is 12.2. The lowest BCUT2D eigenvalue weighted by Gasteiger charge is -2.38. The van der Waals surface area contributed by atoms with Crippen LogP contribution in [0.25, 0.3) is 0 Å². The summed E-state index contributed by atoms with van der Waals surface area (Å²) in [5.41, 5.74) is 2.36. The Balaban J connectivity index is 1.47. The van der Waals surface area contributed by atoms with Gasteiger partial charge >= 0.3 is 18.0 Å². The average Bonchev–Trinajstić information content (AvgIpc) is 3.61. The number of urea groups is 1. The molecule has 0 unspecified atom stereocenters. The summed E-state index contributed by atoms with van der Waals surface area (Å²) in [6.07, 6.45) is 7.62. The van der Waals surface area contributed by atoms with E-state index in [2.05, 4.69) is 21.1 Å². The minimum absolute atomic E-state index is 0.103. The van der Waals surface area contributed by atoms with Crippen LogP contribution in [0.1, 0.15) is 48.5 Å². The molecule has 12 heteroatoms.